The molecule has 1 aromatic heterocycles. The summed E-state index contributed by atoms with van der Waals surface area (Å²) in [4.78, 5) is 1.18. The van der Waals surface area contributed by atoms with E-state index in [1.54, 1.807) is 18.4 Å². The molecule has 0 aliphatic carbocycles. The maximum atomic E-state index is 5.13. The van der Waals surface area contributed by atoms with Gasteiger partial charge < -0.3 is 4.74 Å². The smallest absolute Gasteiger partial charge is 0.173 e. The lowest BCUT2D eigenvalue weighted by molar-refractivity contribution is 0.427. The standard InChI is InChI=1S/C6H10N2OS/c1-9-6-3-2-5(10-6)4-8-7/h2-3,8H,4,7H2,1H3. The van der Waals surface area contributed by atoms with E-state index in [1.807, 2.05) is 12.1 Å². The van der Waals surface area contributed by atoms with E-state index in [0.29, 0.717) is 6.54 Å². The van der Waals surface area contributed by atoms with Gasteiger partial charge in [0.15, 0.2) is 5.06 Å². The lowest BCUT2D eigenvalue weighted by Gasteiger charge is -1.92. The van der Waals surface area contributed by atoms with Crippen molar-refractivity contribution in [2.45, 2.75) is 6.54 Å². The highest BCUT2D eigenvalue weighted by molar-refractivity contribution is 7.13. The fraction of sp³-hybridized carbons (Fsp3) is 0.333. The Morgan fingerprint density at radius 1 is 1.70 bits per heavy atom. The second kappa shape index (κ2) is 3.55. The predicted molar refractivity (Wildman–Crippen MR) is 41.9 cm³/mol. The van der Waals surface area contributed by atoms with Crippen molar-refractivity contribution in [3.05, 3.63) is 17.0 Å². The molecule has 0 unspecified atom stereocenters. The fourth-order valence-electron chi connectivity index (χ4n) is 0.664. The summed E-state index contributed by atoms with van der Waals surface area (Å²) < 4.78 is 4.99. The van der Waals surface area contributed by atoms with Crippen LogP contribution in [0.4, 0.5) is 0 Å². The maximum Gasteiger partial charge on any atom is 0.173 e. The quantitative estimate of drug-likeness (QED) is 0.503. The minimum Gasteiger partial charge on any atom is -0.487 e. The van der Waals surface area contributed by atoms with Crippen LogP contribution in [0.25, 0.3) is 0 Å². The molecule has 0 radical (unpaired) electrons. The van der Waals surface area contributed by atoms with Gasteiger partial charge in [-0.05, 0) is 12.1 Å². The molecule has 0 aliphatic heterocycles. The minimum absolute atomic E-state index is 0.702. The van der Waals surface area contributed by atoms with E-state index in [9.17, 15) is 0 Å². The molecule has 1 aromatic rings. The van der Waals surface area contributed by atoms with Crippen LogP contribution in [-0.4, -0.2) is 7.11 Å². The molecule has 0 fully saturated rings. The number of methoxy groups -OCH3 is 1. The van der Waals surface area contributed by atoms with Gasteiger partial charge in [-0.3, -0.25) is 11.3 Å². The van der Waals surface area contributed by atoms with Crippen molar-refractivity contribution >= 4 is 11.3 Å². The second-order valence-corrected chi connectivity index (χ2v) is 2.94. The molecular formula is C6H10N2OS. The van der Waals surface area contributed by atoms with Crippen LogP contribution >= 0.6 is 11.3 Å². The van der Waals surface area contributed by atoms with E-state index in [4.69, 9.17) is 10.6 Å². The Morgan fingerprint density at radius 2 is 2.50 bits per heavy atom. The van der Waals surface area contributed by atoms with Gasteiger partial charge in [0.25, 0.3) is 0 Å². The zero-order valence-corrected chi connectivity index (χ0v) is 6.57. The summed E-state index contributed by atoms with van der Waals surface area (Å²) >= 11 is 1.59. The summed E-state index contributed by atoms with van der Waals surface area (Å²) in [5.74, 6) is 5.13. The van der Waals surface area contributed by atoms with Crippen LogP contribution in [0.15, 0.2) is 12.1 Å². The van der Waals surface area contributed by atoms with Crippen molar-refractivity contribution in [3.63, 3.8) is 0 Å². The molecule has 0 bridgehead atoms. The number of rotatable bonds is 3. The predicted octanol–water partition coefficient (Wildman–Crippen LogP) is 0.720. The molecule has 0 aliphatic rings. The number of hydrazine groups is 1. The molecule has 3 N–H and O–H groups in total. The zero-order chi connectivity index (χ0) is 7.40. The van der Waals surface area contributed by atoms with Gasteiger partial charge in [-0.2, -0.15) is 0 Å². The number of hydrogen-bond acceptors (Lipinski definition) is 4. The van der Waals surface area contributed by atoms with Crippen LogP contribution in [0.1, 0.15) is 4.88 Å². The Hall–Kier alpha value is -0.580. The van der Waals surface area contributed by atoms with Gasteiger partial charge in [-0.15, -0.1) is 11.3 Å². The van der Waals surface area contributed by atoms with Gasteiger partial charge in [-0.1, -0.05) is 0 Å². The molecule has 56 valence electrons. The average molecular weight is 158 g/mol. The highest BCUT2D eigenvalue weighted by Crippen LogP contribution is 2.23. The lowest BCUT2D eigenvalue weighted by Crippen LogP contribution is -2.19. The van der Waals surface area contributed by atoms with Crippen molar-refractivity contribution in [2.75, 3.05) is 7.11 Å². The van der Waals surface area contributed by atoms with Gasteiger partial charge in [0.2, 0.25) is 0 Å². The van der Waals surface area contributed by atoms with Gasteiger partial charge in [0.1, 0.15) is 0 Å². The molecular weight excluding hydrogens is 148 g/mol. The van der Waals surface area contributed by atoms with Gasteiger partial charge in [0.05, 0.1) is 7.11 Å². The van der Waals surface area contributed by atoms with E-state index in [2.05, 4.69) is 5.43 Å². The van der Waals surface area contributed by atoms with Crippen LogP contribution in [0.2, 0.25) is 0 Å². The molecule has 10 heavy (non-hydrogen) atoms. The molecule has 1 heterocycles. The van der Waals surface area contributed by atoms with Crippen molar-refractivity contribution in [2.24, 2.45) is 5.84 Å². The molecule has 1 rings (SSSR count). The Bertz CT molecular complexity index is 199. The van der Waals surface area contributed by atoms with E-state index in [-0.39, 0.29) is 0 Å². The summed E-state index contributed by atoms with van der Waals surface area (Å²) in [7, 11) is 1.66. The summed E-state index contributed by atoms with van der Waals surface area (Å²) in [5.41, 5.74) is 2.58. The molecule has 0 saturated heterocycles. The van der Waals surface area contributed by atoms with E-state index < -0.39 is 0 Å². The number of hydrogen-bond donors (Lipinski definition) is 2. The normalized spacial score (nSPS) is 9.80. The van der Waals surface area contributed by atoms with Crippen LogP contribution in [-0.2, 0) is 6.54 Å². The van der Waals surface area contributed by atoms with Crippen molar-refractivity contribution in [1.82, 2.24) is 5.43 Å². The molecule has 0 saturated carbocycles. The fourth-order valence-corrected chi connectivity index (χ4v) is 1.43. The Kier molecular flexibility index (Phi) is 2.68. The highest BCUT2D eigenvalue weighted by atomic mass is 32.1. The SMILES string of the molecule is COc1ccc(CNN)s1. The van der Waals surface area contributed by atoms with E-state index >= 15 is 0 Å². The first kappa shape index (κ1) is 7.53. The van der Waals surface area contributed by atoms with Gasteiger partial charge in [0, 0.05) is 11.4 Å². The first-order chi connectivity index (χ1) is 4.86. The van der Waals surface area contributed by atoms with Crippen LogP contribution in [0.3, 0.4) is 0 Å². The zero-order valence-electron chi connectivity index (χ0n) is 5.76. The molecule has 0 atom stereocenters. The van der Waals surface area contributed by atoms with Crippen molar-refractivity contribution in [1.29, 1.82) is 0 Å². The third-order valence-corrected chi connectivity index (χ3v) is 2.16. The van der Waals surface area contributed by atoms with Crippen LogP contribution in [0, 0.1) is 0 Å². The second-order valence-electron chi connectivity index (χ2n) is 1.81. The number of nitrogens with two attached hydrogens (primary N) is 1. The van der Waals surface area contributed by atoms with E-state index in [0.717, 1.165) is 5.06 Å². The van der Waals surface area contributed by atoms with Crippen molar-refractivity contribution in [3.8, 4) is 5.06 Å². The third kappa shape index (κ3) is 1.70. The van der Waals surface area contributed by atoms with Gasteiger partial charge in [-0.25, -0.2) is 0 Å². The number of thiophene rings is 1. The summed E-state index contributed by atoms with van der Waals surface area (Å²) in [5, 5.41) is 0.922. The van der Waals surface area contributed by atoms with Crippen LogP contribution < -0.4 is 16.0 Å². The summed E-state index contributed by atoms with van der Waals surface area (Å²) in [6.45, 7) is 0.702. The molecule has 0 aromatic carbocycles. The summed E-state index contributed by atoms with van der Waals surface area (Å²) in [6, 6.07) is 3.92. The Balaban J connectivity index is 2.59. The van der Waals surface area contributed by atoms with E-state index in [1.165, 1.54) is 4.88 Å². The van der Waals surface area contributed by atoms with Crippen molar-refractivity contribution < 1.29 is 4.74 Å². The monoisotopic (exact) mass is 158 g/mol. The molecule has 0 amide bonds. The largest absolute Gasteiger partial charge is 0.487 e. The number of nitrogens with one attached hydrogen (secondary N) is 1. The molecule has 0 spiro atoms. The number of ether oxygens (including phenoxy) is 1. The summed E-state index contributed by atoms with van der Waals surface area (Å²) in [6.07, 6.45) is 0. The lowest BCUT2D eigenvalue weighted by atomic mass is 10.5. The highest BCUT2D eigenvalue weighted by Gasteiger charge is 1.96. The first-order valence-corrected chi connectivity index (χ1v) is 3.74. The van der Waals surface area contributed by atoms with Crippen LogP contribution in [0.5, 0.6) is 5.06 Å². The molecule has 3 nitrogen and oxygen atoms in total. The maximum absolute atomic E-state index is 5.13. The molecule has 4 heteroatoms. The average Bonchev–Trinajstić information content (AvgIpc) is 2.37. The van der Waals surface area contributed by atoms with Gasteiger partial charge >= 0.3 is 0 Å². The minimum atomic E-state index is 0.702. The third-order valence-electron chi connectivity index (χ3n) is 1.11. The Labute approximate surface area is 63.8 Å². The Morgan fingerprint density at radius 3 is 3.00 bits per heavy atom. The topological polar surface area (TPSA) is 47.3 Å². The first-order valence-electron chi connectivity index (χ1n) is 2.93.